The fraction of sp³-hybridized carbons (Fsp3) is 0.250. The van der Waals surface area contributed by atoms with E-state index in [1.165, 1.54) is 0 Å². The highest BCUT2D eigenvalue weighted by Crippen LogP contribution is 2.28. The molecule has 84 valence electrons. The molecule has 0 atom stereocenters. The average Bonchev–Trinajstić information content (AvgIpc) is 2.29. The quantitative estimate of drug-likeness (QED) is 0.802. The Bertz CT molecular complexity index is 427. The van der Waals surface area contributed by atoms with Gasteiger partial charge in [0.1, 0.15) is 5.75 Å². The van der Waals surface area contributed by atoms with Gasteiger partial charge in [-0.05, 0) is 24.7 Å². The first-order valence-electron chi connectivity index (χ1n) is 5.17. The van der Waals surface area contributed by atoms with Gasteiger partial charge < -0.3 is 15.4 Å². The average molecular weight is 218 g/mol. The van der Waals surface area contributed by atoms with Crippen molar-refractivity contribution in [2.45, 2.75) is 0 Å². The lowest BCUT2D eigenvalue weighted by molar-refractivity contribution is -0.118. The molecular weight excluding hydrogens is 204 g/mol. The van der Waals surface area contributed by atoms with Crippen molar-refractivity contribution in [3.05, 3.63) is 29.8 Å². The number of carbonyl (C=O) groups is 1. The molecule has 4 heteroatoms. The highest BCUT2D eigenvalue weighted by molar-refractivity contribution is 5.95. The molecule has 0 unspecified atom stereocenters. The lowest BCUT2D eigenvalue weighted by atomic mass is 10.1. The summed E-state index contributed by atoms with van der Waals surface area (Å²) in [7, 11) is 1.89. The summed E-state index contributed by atoms with van der Waals surface area (Å²) in [5.74, 6) is 0.620. The normalized spacial score (nSPS) is 14.4. The largest absolute Gasteiger partial charge is 0.482 e. The van der Waals surface area contributed by atoms with Crippen LogP contribution < -0.4 is 15.4 Å². The number of anilines is 1. The summed E-state index contributed by atoms with van der Waals surface area (Å²) in [4.78, 5) is 11.1. The minimum absolute atomic E-state index is 0.0991. The van der Waals surface area contributed by atoms with E-state index in [1.807, 2.05) is 37.4 Å². The lowest BCUT2D eigenvalue weighted by Crippen LogP contribution is -2.25. The fourth-order valence-electron chi connectivity index (χ4n) is 1.52. The van der Waals surface area contributed by atoms with Gasteiger partial charge in [-0.2, -0.15) is 0 Å². The molecule has 1 aromatic rings. The number of rotatable bonds is 3. The highest BCUT2D eigenvalue weighted by atomic mass is 16.5. The Morgan fingerprint density at radius 1 is 1.56 bits per heavy atom. The van der Waals surface area contributed by atoms with Crippen LogP contribution in [-0.4, -0.2) is 26.1 Å². The topological polar surface area (TPSA) is 50.4 Å². The van der Waals surface area contributed by atoms with E-state index >= 15 is 0 Å². The number of benzene rings is 1. The van der Waals surface area contributed by atoms with Crippen LogP contribution >= 0.6 is 0 Å². The van der Waals surface area contributed by atoms with Crippen molar-refractivity contribution in [3.8, 4) is 5.75 Å². The summed E-state index contributed by atoms with van der Waals surface area (Å²) in [5.41, 5.74) is 1.78. The van der Waals surface area contributed by atoms with E-state index in [2.05, 4.69) is 10.6 Å². The minimum Gasteiger partial charge on any atom is -0.482 e. The maximum Gasteiger partial charge on any atom is 0.262 e. The van der Waals surface area contributed by atoms with Crippen LogP contribution in [0.25, 0.3) is 6.08 Å². The molecule has 0 spiro atoms. The number of carbonyl (C=O) groups excluding carboxylic acids is 1. The van der Waals surface area contributed by atoms with Crippen LogP contribution in [0.1, 0.15) is 5.56 Å². The van der Waals surface area contributed by atoms with Crippen molar-refractivity contribution in [1.29, 1.82) is 0 Å². The van der Waals surface area contributed by atoms with Gasteiger partial charge in [0.05, 0.1) is 5.69 Å². The molecule has 1 aliphatic heterocycles. The number of fused-ring (bicyclic) bond motifs is 1. The van der Waals surface area contributed by atoms with Crippen molar-refractivity contribution in [2.24, 2.45) is 0 Å². The molecule has 0 aromatic heterocycles. The summed E-state index contributed by atoms with van der Waals surface area (Å²) < 4.78 is 5.27. The summed E-state index contributed by atoms with van der Waals surface area (Å²) in [5, 5.41) is 5.80. The predicted molar refractivity (Wildman–Crippen MR) is 63.5 cm³/mol. The number of hydrogen-bond donors (Lipinski definition) is 2. The maximum atomic E-state index is 11.1. The van der Waals surface area contributed by atoms with Crippen molar-refractivity contribution in [2.75, 3.05) is 25.5 Å². The standard InChI is InChI=1S/C12H14N2O2/c1-13-6-2-3-9-4-5-11-10(7-9)14-12(15)8-16-11/h2-5,7,13H,6,8H2,1H3,(H,14,15). The Kier molecular flexibility index (Phi) is 3.22. The Labute approximate surface area is 94.3 Å². The molecule has 0 saturated heterocycles. The monoisotopic (exact) mass is 218 g/mol. The third kappa shape index (κ3) is 2.41. The van der Waals surface area contributed by atoms with Gasteiger partial charge in [0, 0.05) is 6.54 Å². The van der Waals surface area contributed by atoms with E-state index in [4.69, 9.17) is 4.74 Å². The van der Waals surface area contributed by atoms with Crippen LogP contribution in [-0.2, 0) is 4.79 Å². The molecule has 1 heterocycles. The van der Waals surface area contributed by atoms with Crippen LogP contribution in [0.3, 0.4) is 0 Å². The molecule has 1 aliphatic rings. The zero-order valence-corrected chi connectivity index (χ0v) is 9.12. The second kappa shape index (κ2) is 4.81. The van der Waals surface area contributed by atoms with Gasteiger partial charge in [0.2, 0.25) is 0 Å². The van der Waals surface area contributed by atoms with E-state index in [0.29, 0.717) is 0 Å². The first-order valence-corrected chi connectivity index (χ1v) is 5.17. The molecule has 0 bridgehead atoms. The van der Waals surface area contributed by atoms with Crippen molar-refractivity contribution >= 4 is 17.7 Å². The first-order chi connectivity index (χ1) is 7.79. The fourth-order valence-corrected chi connectivity index (χ4v) is 1.52. The number of likely N-dealkylation sites (N-methyl/N-ethyl adjacent to an activating group) is 1. The first kappa shape index (κ1) is 10.7. The van der Waals surface area contributed by atoms with E-state index in [9.17, 15) is 4.79 Å². The van der Waals surface area contributed by atoms with E-state index in [1.54, 1.807) is 0 Å². The van der Waals surface area contributed by atoms with E-state index < -0.39 is 0 Å². The summed E-state index contributed by atoms with van der Waals surface area (Å²) in [6, 6.07) is 5.73. The van der Waals surface area contributed by atoms with Gasteiger partial charge in [-0.1, -0.05) is 18.2 Å². The van der Waals surface area contributed by atoms with Crippen molar-refractivity contribution in [1.82, 2.24) is 5.32 Å². The molecule has 1 aromatic carbocycles. The molecular formula is C12H14N2O2. The number of amides is 1. The number of nitrogens with one attached hydrogen (secondary N) is 2. The number of hydrogen-bond acceptors (Lipinski definition) is 3. The molecule has 2 N–H and O–H groups in total. The highest BCUT2D eigenvalue weighted by Gasteiger charge is 2.15. The Balaban J connectivity index is 2.18. The number of ether oxygens (including phenoxy) is 1. The molecule has 4 nitrogen and oxygen atoms in total. The van der Waals surface area contributed by atoms with E-state index in [-0.39, 0.29) is 12.5 Å². The Morgan fingerprint density at radius 2 is 2.44 bits per heavy atom. The van der Waals surface area contributed by atoms with Crippen molar-refractivity contribution < 1.29 is 9.53 Å². The molecule has 16 heavy (non-hydrogen) atoms. The van der Waals surface area contributed by atoms with E-state index in [0.717, 1.165) is 23.5 Å². The Morgan fingerprint density at radius 3 is 3.25 bits per heavy atom. The summed E-state index contributed by atoms with van der Waals surface area (Å²) in [6.07, 6.45) is 4.02. The summed E-state index contributed by atoms with van der Waals surface area (Å²) >= 11 is 0. The predicted octanol–water partition coefficient (Wildman–Crippen LogP) is 1.25. The smallest absolute Gasteiger partial charge is 0.262 e. The third-order valence-electron chi connectivity index (χ3n) is 2.27. The van der Waals surface area contributed by atoms with Crippen LogP contribution in [0.5, 0.6) is 5.75 Å². The Hall–Kier alpha value is -1.81. The van der Waals surface area contributed by atoms with Gasteiger partial charge in [0.15, 0.2) is 6.61 Å². The zero-order chi connectivity index (χ0) is 11.4. The lowest BCUT2D eigenvalue weighted by Gasteiger charge is -2.17. The SMILES string of the molecule is CNCC=Cc1ccc2c(c1)NC(=O)CO2. The van der Waals surface area contributed by atoms with Crippen LogP contribution in [0, 0.1) is 0 Å². The van der Waals surface area contributed by atoms with Crippen LogP contribution in [0.2, 0.25) is 0 Å². The third-order valence-corrected chi connectivity index (χ3v) is 2.27. The molecule has 0 aliphatic carbocycles. The summed E-state index contributed by atoms with van der Waals surface area (Å²) in [6.45, 7) is 0.919. The second-order valence-corrected chi connectivity index (χ2v) is 3.55. The molecule has 0 fully saturated rings. The molecule has 1 amide bonds. The van der Waals surface area contributed by atoms with Gasteiger partial charge in [-0.25, -0.2) is 0 Å². The van der Waals surface area contributed by atoms with Crippen LogP contribution in [0.4, 0.5) is 5.69 Å². The van der Waals surface area contributed by atoms with Crippen molar-refractivity contribution in [3.63, 3.8) is 0 Å². The van der Waals surface area contributed by atoms with Gasteiger partial charge in [-0.3, -0.25) is 4.79 Å². The molecule has 0 radical (unpaired) electrons. The van der Waals surface area contributed by atoms with Gasteiger partial charge >= 0.3 is 0 Å². The maximum absolute atomic E-state index is 11.1. The second-order valence-electron chi connectivity index (χ2n) is 3.55. The van der Waals surface area contributed by atoms with Gasteiger partial charge in [0.25, 0.3) is 5.91 Å². The zero-order valence-electron chi connectivity index (χ0n) is 9.12. The van der Waals surface area contributed by atoms with Crippen LogP contribution in [0.15, 0.2) is 24.3 Å². The molecule has 2 rings (SSSR count). The van der Waals surface area contributed by atoms with Gasteiger partial charge in [-0.15, -0.1) is 0 Å². The molecule has 0 saturated carbocycles. The minimum atomic E-state index is -0.108.